The minimum absolute atomic E-state index is 0.120. The summed E-state index contributed by atoms with van der Waals surface area (Å²) in [5.74, 6) is -4.20. The lowest BCUT2D eigenvalue weighted by Gasteiger charge is -2.58. The van der Waals surface area contributed by atoms with Gasteiger partial charge in [-0.05, 0) is 145 Å². The molecular weight excluding hydrogens is 1330 g/mol. The van der Waals surface area contributed by atoms with E-state index in [9.17, 15) is 19.2 Å². The minimum atomic E-state index is -2.10. The molecule has 2 aliphatic rings. The van der Waals surface area contributed by atoms with Crippen molar-refractivity contribution in [2.24, 2.45) is 0 Å². The van der Waals surface area contributed by atoms with E-state index in [1.54, 1.807) is 88.4 Å². The zero-order valence-corrected chi connectivity index (χ0v) is 58.2. The van der Waals surface area contributed by atoms with Gasteiger partial charge in [-0.25, -0.2) is 24.1 Å². The van der Waals surface area contributed by atoms with E-state index in [0.717, 1.165) is 0 Å². The van der Waals surface area contributed by atoms with Gasteiger partial charge in [-0.2, -0.15) is 0 Å². The van der Waals surface area contributed by atoms with Gasteiger partial charge < -0.3 is 18.9 Å². The van der Waals surface area contributed by atoms with E-state index in [1.165, 1.54) is 0 Å². The second kappa shape index (κ2) is 28.5. The quantitative estimate of drug-likeness (QED) is 0.0493. The van der Waals surface area contributed by atoms with E-state index in [2.05, 4.69) is 69.4 Å². The molecule has 0 bridgehead atoms. The van der Waals surface area contributed by atoms with Crippen molar-refractivity contribution in [2.45, 2.75) is 61.3 Å². The molecule has 11 aromatic carbocycles. The normalized spacial score (nSPS) is 21.8. The van der Waals surface area contributed by atoms with Crippen LogP contribution in [0, 0.1) is 0 Å². The maximum absolute atomic E-state index is 14.3. The molecule has 0 aromatic heterocycles. The van der Waals surface area contributed by atoms with Crippen molar-refractivity contribution >= 4 is 70.3 Å². The van der Waals surface area contributed by atoms with Gasteiger partial charge in [0.15, 0.2) is 5.79 Å². The van der Waals surface area contributed by atoms with Crippen LogP contribution in [0.15, 0.2) is 285 Å². The summed E-state index contributed by atoms with van der Waals surface area (Å²) < 4.78 is 22.8. The maximum atomic E-state index is 14.3. The summed E-state index contributed by atoms with van der Waals surface area (Å²) in [5.41, 5.74) is -1.13. The largest absolute Gasteiger partial charge is 0.462 e. The van der Waals surface area contributed by atoms with E-state index in [-0.39, 0.29) is 42.0 Å². The van der Waals surface area contributed by atoms with Gasteiger partial charge >= 0.3 is 23.9 Å². The van der Waals surface area contributed by atoms with Gasteiger partial charge in [0.25, 0.3) is 0 Å². The Morgan fingerprint density at radius 3 is 0.960 bits per heavy atom. The number of ether oxygens (including phenoxy) is 4. The Morgan fingerprint density at radius 2 is 0.600 bits per heavy atom. The number of rotatable bonds is 20. The Labute approximate surface area is 601 Å². The predicted octanol–water partition coefficient (Wildman–Crippen LogP) is 17.9. The van der Waals surface area contributed by atoms with Crippen molar-refractivity contribution < 1.29 is 38.1 Å². The van der Waals surface area contributed by atoms with E-state index in [0.29, 0.717) is 87.9 Å². The molecule has 2 aliphatic heterocycles. The minimum Gasteiger partial charge on any atom is -0.462 e. The monoisotopic (exact) mass is 1400 g/mol. The molecule has 0 aliphatic carbocycles. The number of nitrogens with one attached hydrogen (secondary N) is 3. The Morgan fingerprint density at radius 1 is 0.310 bits per heavy atom. The summed E-state index contributed by atoms with van der Waals surface area (Å²) in [6.45, 7) is 7.60. The highest BCUT2D eigenvalue weighted by Gasteiger charge is 2.80. The van der Waals surface area contributed by atoms with Gasteiger partial charge in [0.2, 0.25) is 0 Å². The first-order valence-corrected chi connectivity index (χ1v) is 34.6. The standard InChI is InChI=1S/C84H70Cl4N4O8/c1-5-97-75(93)56-37-45-63(46-38-56)79(60-25-13-9-14-26-60)80(61-27-15-10-16-28-61,64-47-39-57(40-48-64)76(94)98-6-2)91-84(90-79,71-34-22-24-36-73(71)87)92-82(66-31-19-12-20-32-66,67-51-43-59(44-52-67)78(96)100-8-4)81(62-29-17-11-18-30-62,65-49-41-58(42-50-65)77(95)99-7-3)89-83(92,69-33-21-23-35-72(69)86)70-54-53-68(85)55-74(70)88/h9-55,89-91H,5-8H2,1-4H3. The summed E-state index contributed by atoms with van der Waals surface area (Å²) in [6, 6.07) is 90.7. The topological polar surface area (TPSA) is 145 Å². The van der Waals surface area contributed by atoms with E-state index in [4.69, 9.17) is 65.4 Å². The van der Waals surface area contributed by atoms with Crippen molar-refractivity contribution in [1.29, 1.82) is 0 Å². The predicted molar refractivity (Wildman–Crippen MR) is 392 cm³/mol. The van der Waals surface area contributed by atoms with Crippen molar-refractivity contribution in [3.05, 3.63) is 389 Å². The number of carbonyl (C=O) groups excluding carboxylic acids is 4. The van der Waals surface area contributed by atoms with Gasteiger partial charge in [-0.3, -0.25) is 16.0 Å². The molecule has 0 amide bonds. The lowest BCUT2D eigenvalue weighted by Crippen LogP contribution is -2.73. The number of esters is 4. The molecule has 2 saturated heterocycles. The molecule has 502 valence electrons. The fourth-order valence-corrected chi connectivity index (χ4v) is 16.5. The highest BCUT2D eigenvalue weighted by Crippen LogP contribution is 2.70. The lowest BCUT2D eigenvalue weighted by molar-refractivity contribution is -0.0861. The highest BCUT2D eigenvalue weighted by atomic mass is 35.5. The third kappa shape index (κ3) is 11.2. The molecular formula is C84H70Cl4N4O8. The number of halogens is 4. The fourth-order valence-electron chi connectivity index (χ4n) is 15.4. The van der Waals surface area contributed by atoms with Crippen LogP contribution >= 0.6 is 46.4 Å². The van der Waals surface area contributed by atoms with Crippen molar-refractivity contribution in [3.8, 4) is 0 Å². The highest BCUT2D eigenvalue weighted by molar-refractivity contribution is 6.35. The molecule has 3 N–H and O–H groups in total. The first-order valence-electron chi connectivity index (χ1n) is 33.1. The number of carbonyl (C=O) groups is 4. The van der Waals surface area contributed by atoms with E-state index in [1.807, 2.05) is 176 Å². The Balaban J connectivity index is 1.36. The van der Waals surface area contributed by atoms with Crippen LogP contribution in [0.5, 0.6) is 0 Å². The summed E-state index contributed by atoms with van der Waals surface area (Å²) in [7, 11) is 0. The number of hydrogen-bond acceptors (Lipinski definition) is 12. The van der Waals surface area contributed by atoms with Gasteiger partial charge in [0.1, 0.15) is 11.2 Å². The van der Waals surface area contributed by atoms with Crippen molar-refractivity contribution in [1.82, 2.24) is 20.9 Å². The summed E-state index contributed by atoms with van der Waals surface area (Å²) in [4.78, 5) is 58.9. The van der Waals surface area contributed by atoms with Crippen LogP contribution in [0.25, 0.3) is 0 Å². The van der Waals surface area contributed by atoms with Crippen LogP contribution in [0.1, 0.15) is 130 Å². The molecule has 2 fully saturated rings. The van der Waals surface area contributed by atoms with Gasteiger partial charge in [0, 0.05) is 36.8 Å². The second-order valence-corrected chi connectivity index (χ2v) is 26.0. The van der Waals surface area contributed by atoms with Crippen LogP contribution in [0.2, 0.25) is 20.1 Å². The molecule has 16 heteroatoms. The lowest BCUT2D eigenvalue weighted by atomic mass is 9.61. The smallest absolute Gasteiger partial charge is 0.338 e. The number of hydrogen-bond donors (Lipinski definition) is 3. The van der Waals surface area contributed by atoms with Crippen LogP contribution in [-0.2, 0) is 52.6 Å². The first-order chi connectivity index (χ1) is 48.6. The van der Waals surface area contributed by atoms with Gasteiger partial charge in [0.05, 0.1) is 65.3 Å². The molecule has 11 aromatic rings. The van der Waals surface area contributed by atoms with Gasteiger partial charge in [-0.15, -0.1) is 0 Å². The SMILES string of the molecule is CCOC(=O)c1ccc(C2(c3ccccc3)NC(c3ccccc3Cl)(N3C(c4ccccc4Cl)(c4ccc(Cl)cc4Cl)NC(c4ccccc4)(c4ccc(C(=O)OCC)cc4)C3(c3ccccc3)c3ccc(C(=O)OCC)cc3)NC2(c2ccccc2)c2ccc(C(=O)OCC)cc2)cc1. The van der Waals surface area contributed by atoms with Crippen molar-refractivity contribution in [2.75, 3.05) is 26.4 Å². The average Bonchev–Trinajstić information content (AvgIpc) is 1.45. The summed E-state index contributed by atoms with van der Waals surface area (Å²) >= 11 is 32.0. The van der Waals surface area contributed by atoms with Crippen LogP contribution in [0.4, 0.5) is 0 Å². The molecule has 5 atom stereocenters. The molecule has 5 unspecified atom stereocenters. The Kier molecular flexibility index (Phi) is 19.6. The molecule has 0 radical (unpaired) electrons. The molecule has 100 heavy (non-hydrogen) atoms. The Bertz CT molecular complexity index is 4680. The van der Waals surface area contributed by atoms with Crippen LogP contribution in [0.3, 0.4) is 0 Å². The van der Waals surface area contributed by atoms with Crippen LogP contribution < -0.4 is 16.0 Å². The maximum Gasteiger partial charge on any atom is 0.338 e. The number of nitrogens with zero attached hydrogens (tertiary/aromatic N) is 1. The summed E-state index contributed by atoms with van der Waals surface area (Å²) in [6.07, 6.45) is 0. The van der Waals surface area contributed by atoms with E-state index >= 15 is 0 Å². The fraction of sp³-hybridized carbons (Fsp3) is 0.167. The third-order valence-electron chi connectivity index (χ3n) is 19.2. The van der Waals surface area contributed by atoms with E-state index < -0.39 is 57.5 Å². The average molecular weight is 1410 g/mol. The van der Waals surface area contributed by atoms with Crippen LogP contribution in [-0.4, -0.2) is 55.2 Å². The molecule has 0 spiro atoms. The molecule has 2 heterocycles. The first kappa shape index (κ1) is 68.8. The molecule has 0 saturated carbocycles. The zero-order valence-electron chi connectivity index (χ0n) is 55.2. The number of benzene rings is 11. The molecule has 13 rings (SSSR count). The zero-order chi connectivity index (χ0) is 69.9. The van der Waals surface area contributed by atoms with Gasteiger partial charge in [-0.1, -0.05) is 259 Å². The Hall–Kier alpha value is -9.70. The van der Waals surface area contributed by atoms with Crippen molar-refractivity contribution in [3.63, 3.8) is 0 Å². The summed E-state index contributed by atoms with van der Waals surface area (Å²) in [5, 5.41) is 15.1. The third-order valence-corrected chi connectivity index (χ3v) is 20.4. The molecule has 12 nitrogen and oxygen atoms in total. The second-order valence-electron chi connectivity index (χ2n) is 24.3.